The molecule has 0 amide bonds. The summed E-state index contributed by atoms with van der Waals surface area (Å²) in [5.41, 5.74) is 0. The molecule has 0 aliphatic carbocycles. The molecule has 72 valence electrons. The molecule has 0 unspecified atom stereocenters. The van der Waals surface area contributed by atoms with Crippen LogP contribution < -0.4 is 0 Å². The second kappa shape index (κ2) is 3.59. The third kappa shape index (κ3) is 2.38. The van der Waals surface area contributed by atoms with Crippen molar-refractivity contribution in [2.75, 3.05) is 0 Å². The summed E-state index contributed by atoms with van der Waals surface area (Å²) in [6, 6.07) is 0. The van der Waals surface area contributed by atoms with Crippen molar-refractivity contribution in [3.8, 4) is 0 Å². The Labute approximate surface area is 83.4 Å². The Kier molecular flexibility index (Phi) is 2.87. The third-order valence-corrected chi connectivity index (χ3v) is 4.10. The molecule has 1 saturated heterocycles. The van der Waals surface area contributed by atoms with E-state index in [0.29, 0.717) is 9.28 Å². The largest absolute Gasteiger partial charge is 0.410 e. The lowest BCUT2D eigenvalue weighted by atomic mass is 10.2. The lowest BCUT2D eigenvalue weighted by Gasteiger charge is -2.12. The fourth-order valence-electron chi connectivity index (χ4n) is 0.814. The van der Waals surface area contributed by atoms with Gasteiger partial charge >= 0.3 is 0 Å². The predicted octanol–water partition coefficient (Wildman–Crippen LogP) is 2.11. The van der Waals surface area contributed by atoms with Crippen molar-refractivity contribution in [2.24, 2.45) is 5.16 Å². The van der Waals surface area contributed by atoms with Crippen molar-refractivity contribution in [1.29, 1.82) is 0 Å². The van der Waals surface area contributed by atoms with E-state index in [1.165, 1.54) is 11.8 Å². The van der Waals surface area contributed by atoms with E-state index in [-0.39, 0.29) is 4.75 Å². The van der Waals surface area contributed by atoms with Crippen LogP contribution in [0.4, 0.5) is 0 Å². The van der Waals surface area contributed by atoms with Crippen molar-refractivity contribution in [2.45, 2.75) is 18.6 Å². The molecule has 0 atom stereocenters. The summed E-state index contributed by atoms with van der Waals surface area (Å²) in [4.78, 5) is 9.65. The maximum Gasteiger partial charge on any atom is 0.254 e. The van der Waals surface area contributed by atoms with Crippen LogP contribution in [0.15, 0.2) is 15.6 Å². The number of oxime groups is 1. The monoisotopic (exact) mass is 220 g/mol. The van der Waals surface area contributed by atoms with Crippen LogP contribution in [-0.2, 0) is 0 Å². The van der Waals surface area contributed by atoms with Crippen LogP contribution in [0.2, 0.25) is 0 Å². The molecule has 1 N–H and O–H groups in total. The zero-order valence-corrected chi connectivity index (χ0v) is 8.68. The molecule has 5 nitrogen and oxygen atoms in total. The minimum atomic E-state index is -0.508. The smallest absolute Gasteiger partial charge is 0.254 e. The van der Waals surface area contributed by atoms with Gasteiger partial charge in [-0.2, -0.15) is 0 Å². The molecule has 0 bridgehead atoms. The van der Waals surface area contributed by atoms with Crippen LogP contribution in [0.5, 0.6) is 0 Å². The summed E-state index contributed by atoms with van der Waals surface area (Å²) in [6.45, 7) is 3.70. The standard InChI is InChI=1S/C6H8N2O3S2/c1-6(2)5(7-9)12-4(13-6)3-8(10)11/h3,9H,1-2H3/b4-3-,7-5-. The molecule has 0 radical (unpaired) electrons. The number of thioether (sulfide) groups is 2. The van der Waals surface area contributed by atoms with E-state index in [0.717, 1.165) is 18.0 Å². The number of hydrogen-bond donors (Lipinski definition) is 1. The first-order chi connectivity index (χ1) is 5.95. The lowest BCUT2D eigenvalue weighted by molar-refractivity contribution is -0.402. The first-order valence-corrected chi connectivity index (χ1v) is 5.04. The fraction of sp³-hybridized carbons (Fsp3) is 0.500. The van der Waals surface area contributed by atoms with E-state index in [1.54, 1.807) is 0 Å². The Balaban J connectivity index is 2.88. The maximum atomic E-state index is 10.2. The zero-order valence-electron chi connectivity index (χ0n) is 7.05. The number of nitrogens with zero attached hydrogens (tertiary/aromatic N) is 2. The molecule has 1 rings (SSSR count). The molecule has 1 heterocycles. The predicted molar refractivity (Wildman–Crippen MR) is 53.6 cm³/mol. The summed E-state index contributed by atoms with van der Waals surface area (Å²) in [6.07, 6.45) is 0.926. The first-order valence-electron chi connectivity index (χ1n) is 3.40. The second-order valence-corrected chi connectivity index (χ2v) is 5.81. The molecular weight excluding hydrogens is 212 g/mol. The van der Waals surface area contributed by atoms with Crippen LogP contribution in [-0.4, -0.2) is 19.9 Å². The van der Waals surface area contributed by atoms with Gasteiger partial charge in [-0.05, 0) is 13.8 Å². The minimum Gasteiger partial charge on any atom is -0.410 e. The van der Waals surface area contributed by atoms with Gasteiger partial charge in [-0.3, -0.25) is 10.1 Å². The number of nitro groups is 1. The molecular formula is C6H8N2O3S2. The summed E-state index contributed by atoms with van der Waals surface area (Å²) < 4.78 is 0.171. The van der Waals surface area contributed by atoms with Crippen molar-refractivity contribution < 1.29 is 10.1 Å². The normalized spacial score (nSPS) is 26.9. The van der Waals surface area contributed by atoms with Gasteiger partial charge in [-0.15, -0.1) is 0 Å². The molecule has 1 aliphatic rings. The molecule has 7 heteroatoms. The van der Waals surface area contributed by atoms with Gasteiger partial charge in [0.05, 0.1) is 9.67 Å². The highest BCUT2D eigenvalue weighted by atomic mass is 32.2. The van der Waals surface area contributed by atoms with Gasteiger partial charge in [-0.1, -0.05) is 28.7 Å². The second-order valence-electron chi connectivity index (χ2n) is 2.85. The van der Waals surface area contributed by atoms with Crippen molar-refractivity contribution in [1.82, 2.24) is 0 Å². The van der Waals surface area contributed by atoms with Gasteiger partial charge in [0.2, 0.25) is 0 Å². The van der Waals surface area contributed by atoms with E-state index in [9.17, 15) is 10.1 Å². The van der Waals surface area contributed by atoms with Crippen LogP contribution in [0.25, 0.3) is 0 Å². The minimum absolute atomic E-state index is 0.374. The first kappa shape index (κ1) is 10.4. The van der Waals surface area contributed by atoms with E-state index in [1.807, 2.05) is 13.8 Å². The van der Waals surface area contributed by atoms with E-state index < -0.39 is 4.92 Å². The highest BCUT2D eigenvalue weighted by Crippen LogP contribution is 2.50. The number of hydrogen-bond acceptors (Lipinski definition) is 6. The summed E-state index contributed by atoms with van der Waals surface area (Å²) in [7, 11) is 0. The Morgan fingerprint density at radius 2 is 2.31 bits per heavy atom. The summed E-state index contributed by atoms with van der Waals surface area (Å²) >= 11 is 2.45. The Morgan fingerprint density at radius 3 is 2.69 bits per heavy atom. The van der Waals surface area contributed by atoms with Gasteiger partial charge in [0, 0.05) is 0 Å². The molecule has 1 aliphatic heterocycles. The SMILES string of the molecule is CC1(C)S/C(=C\[N+](=O)[O-])S/C1=N\O. The van der Waals surface area contributed by atoms with Crippen molar-refractivity contribution in [3.05, 3.63) is 20.6 Å². The van der Waals surface area contributed by atoms with Gasteiger partial charge in [0.25, 0.3) is 6.20 Å². The Bertz CT molecular complexity index is 298. The average Bonchev–Trinajstić information content (AvgIpc) is 2.23. The summed E-state index contributed by atoms with van der Waals surface area (Å²) in [5.74, 6) is 0. The molecule has 0 aromatic heterocycles. The van der Waals surface area contributed by atoms with E-state index in [4.69, 9.17) is 5.21 Å². The van der Waals surface area contributed by atoms with Crippen LogP contribution >= 0.6 is 23.5 Å². The van der Waals surface area contributed by atoms with Crippen molar-refractivity contribution >= 4 is 28.6 Å². The molecule has 0 spiro atoms. The van der Waals surface area contributed by atoms with Crippen molar-refractivity contribution in [3.63, 3.8) is 0 Å². The van der Waals surface area contributed by atoms with Crippen LogP contribution in [0.3, 0.4) is 0 Å². The van der Waals surface area contributed by atoms with E-state index >= 15 is 0 Å². The molecule has 13 heavy (non-hydrogen) atoms. The quantitative estimate of drug-likeness (QED) is 0.416. The third-order valence-electron chi connectivity index (χ3n) is 1.37. The molecule has 0 aromatic rings. The number of rotatable bonds is 1. The highest BCUT2D eigenvalue weighted by molar-refractivity contribution is 8.35. The van der Waals surface area contributed by atoms with E-state index in [2.05, 4.69) is 5.16 Å². The van der Waals surface area contributed by atoms with Gasteiger partial charge in [-0.25, -0.2) is 0 Å². The van der Waals surface area contributed by atoms with Crippen LogP contribution in [0, 0.1) is 10.1 Å². The average molecular weight is 220 g/mol. The fourth-order valence-corrected chi connectivity index (χ4v) is 3.48. The van der Waals surface area contributed by atoms with Gasteiger partial charge in [0.15, 0.2) is 0 Å². The van der Waals surface area contributed by atoms with Gasteiger partial charge in [0.1, 0.15) is 9.28 Å². The molecule has 0 saturated carbocycles. The highest BCUT2D eigenvalue weighted by Gasteiger charge is 2.38. The molecule has 0 aromatic carbocycles. The zero-order chi connectivity index (χ0) is 10.1. The summed E-state index contributed by atoms with van der Waals surface area (Å²) in [5, 5.41) is 22.4. The topological polar surface area (TPSA) is 75.7 Å². The molecule has 1 fully saturated rings. The van der Waals surface area contributed by atoms with Crippen LogP contribution in [0.1, 0.15) is 13.8 Å². The Hall–Kier alpha value is -0.690. The Morgan fingerprint density at radius 1 is 1.69 bits per heavy atom. The van der Waals surface area contributed by atoms with Gasteiger partial charge < -0.3 is 5.21 Å². The maximum absolute atomic E-state index is 10.2. The lowest BCUT2D eigenvalue weighted by Crippen LogP contribution is -2.19.